The van der Waals surface area contributed by atoms with E-state index >= 15 is 0 Å². The minimum Gasteiger partial charge on any atom is -0.396 e. The second-order valence-corrected chi connectivity index (χ2v) is 4.59. The number of ether oxygens (including phenoxy) is 2. The zero-order chi connectivity index (χ0) is 12.1. The molecule has 0 atom stereocenters. The summed E-state index contributed by atoms with van der Waals surface area (Å²) in [4.78, 5) is 0. The maximum atomic E-state index is 9.33. The molecule has 16 heavy (non-hydrogen) atoms. The van der Waals surface area contributed by atoms with E-state index in [0.717, 1.165) is 25.7 Å². The van der Waals surface area contributed by atoms with E-state index in [1.807, 2.05) is 13.8 Å². The molecule has 0 unspecified atom stereocenters. The van der Waals surface area contributed by atoms with E-state index in [2.05, 4.69) is 0 Å². The molecule has 0 aromatic carbocycles. The Morgan fingerprint density at radius 2 is 1.31 bits per heavy atom. The Labute approximate surface area is 97.6 Å². The van der Waals surface area contributed by atoms with Crippen LogP contribution in [-0.4, -0.2) is 42.4 Å². The van der Waals surface area contributed by atoms with Crippen molar-refractivity contribution in [2.45, 2.75) is 45.3 Å². The molecule has 2 N–H and O–H groups in total. The summed E-state index contributed by atoms with van der Waals surface area (Å²) in [7, 11) is 0. The van der Waals surface area contributed by atoms with Crippen LogP contribution in [0.5, 0.6) is 0 Å². The summed E-state index contributed by atoms with van der Waals surface area (Å²) in [5.41, 5.74) is -0.336. The van der Waals surface area contributed by atoms with Crippen LogP contribution >= 0.6 is 0 Å². The smallest absolute Gasteiger partial charge is 0.168 e. The second kappa shape index (κ2) is 5.96. The van der Waals surface area contributed by atoms with Gasteiger partial charge in [0.15, 0.2) is 5.79 Å². The van der Waals surface area contributed by atoms with E-state index in [1.165, 1.54) is 0 Å². The Morgan fingerprint density at radius 3 is 1.62 bits per heavy atom. The first kappa shape index (κ1) is 13.9. The molecule has 1 saturated carbocycles. The van der Waals surface area contributed by atoms with Gasteiger partial charge in [-0.3, -0.25) is 0 Å². The average Bonchev–Trinajstić information content (AvgIpc) is 2.32. The molecule has 1 aliphatic carbocycles. The van der Waals surface area contributed by atoms with E-state index in [0.29, 0.717) is 13.2 Å². The number of rotatable bonds is 6. The second-order valence-electron chi connectivity index (χ2n) is 4.59. The van der Waals surface area contributed by atoms with Gasteiger partial charge in [0.05, 0.1) is 13.2 Å². The van der Waals surface area contributed by atoms with Crippen LogP contribution in [0.1, 0.15) is 39.5 Å². The van der Waals surface area contributed by atoms with Gasteiger partial charge in [-0.2, -0.15) is 0 Å². The Bertz CT molecular complexity index is 183. The van der Waals surface area contributed by atoms with Crippen molar-refractivity contribution in [3.05, 3.63) is 0 Å². The largest absolute Gasteiger partial charge is 0.396 e. The molecule has 1 fully saturated rings. The van der Waals surface area contributed by atoms with Crippen molar-refractivity contribution >= 4 is 0 Å². The predicted octanol–water partition coefficient (Wildman–Crippen LogP) is 1.30. The minimum absolute atomic E-state index is 0.0395. The van der Waals surface area contributed by atoms with Gasteiger partial charge >= 0.3 is 0 Å². The van der Waals surface area contributed by atoms with Crippen LogP contribution in [-0.2, 0) is 9.47 Å². The highest BCUT2D eigenvalue weighted by atomic mass is 16.7. The lowest BCUT2D eigenvalue weighted by atomic mass is 9.73. The first-order valence-corrected chi connectivity index (χ1v) is 6.15. The van der Waals surface area contributed by atoms with Gasteiger partial charge < -0.3 is 19.7 Å². The van der Waals surface area contributed by atoms with Gasteiger partial charge in [-0.05, 0) is 26.7 Å². The Morgan fingerprint density at radius 1 is 0.875 bits per heavy atom. The standard InChI is InChI=1S/C12H24O4/c1-3-15-12(16-4-2)7-5-11(9-13,10-14)6-8-12/h13-14H,3-10H2,1-2H3. The van der Waals surface area contributed by atoms with Gasteiger partial charge in [0.2, 0.25) is 0 Å². The molecule has 4 nitrogen and oxygen atoms in total. The van der Waals surface area contributed by atoms with Crippen LogP contribution < -0.4 is 0 Å². The summed E-state index contributed by atoms with van der Waals surface area (Å²) < 4.78 is 11.4. The molecular weight excluding hydrogens is 208 g/mol. The lowest BCUT2D eigenvalue weighted by molar-refractivity contribution is -0.261. The molecule has 0 saturated heterocycles. The SMILES string of the molecule is CCOC1(OCC)CCC(CO)(CO)CC1. The summed E-state index contributed by atoms with van der Waals surface area (Å²) in [6, 6.07) is 0. The monoisotopic (exact) mass is 232 g/mol. The molecule has 0 bridgehead atoms. The number of aliphatic hydroxyl groups excluding tert-OH is 2. The van der Waals surface area contributed by atoms with Gasteiger partial charge in [-0.25, -0.2) is 0 Å². The number of hydrogen-bond acceptors (Lipinski definition) is 4. The van der Waals surface area contributed by atoms with Gasteiger partial charge in [0, 0.05) is 31.5 Å². The molecule has 0 heterocycles. The van der Waals surface area contributed by atoms with Crippen LogP contribution in [0.3, 0.4) is 0 Å². The van der Waals surface area contributed by atoms with E-state index in [1.54, 1.807) is 0 Å². The predicted molar refractivity (Wildman–Crippen MR) is 61.1 cm³/mol. The molecule has 0 aromatic rings. The van der Waals surface area contributed by atoms with E-state index in [-0.39, 0.29) is 18.6 Å². The summed E-state index contributed by atoms with van der Waals surface area (Å²) >= 11 is 0. The maximum Gasteiger partial charge on any atom is 0.168 e. The number of aliphatic hydroxyl groups is 2. The molecule has 0 aromatic heterocycles. The van der Waals surface area contributed by atoms with Crippen molar-refractivity contribution in [3.63, 3.8) is 0 Å². The fourth-order valence-electron chi connectivity index (χ4n) is 2.38. The van der Waals surface area contributed by atoms with Gasteiger partial charge in [-0.15, -0.1) is 0 Å². The van der Waals surface area contributed by atoms with Crippen LogP contribution in [0.2, 0.25) is 0 Å². The van der Waals surface area contributed by atoms with Crippen molar-refractivity contribution in [2.75, 3.05) is 26.4 Å². The highest BCUT2D eigenvalue weighted by Crippen LogP contribution is 2.42. The molecule has 96 valence electrons. The maximum absolute atomic E-state index is 9.33. The van der Waals surface area contributed by atoms with Crippen LogP contribution in [0.25, 0.3) is 0 Å². The first-order valence-electron chi connectivity index (χ1n) is 6.15. The van der Waals surface area contributed by atoms with Crippen molar-refractivity contribution < 1.29 is 19.7 Å². The van der Waals surface area contributed by atoms with Gasteiger partial charge in [-0.1, -0.05) is 0 Å². The van der Waals surface area contributed by atoms with Crippen molar-refractivity contribution in [2.24, 2.45) is 5.41 Å². The summed E-state index contributed by atoms with van der Waals surface area (Å²) in [6.07, 6.45) is 2.99. The van der Waals surface area contributed by atoms with Gasteiger partial charge in [0.25, 0.3) is 0 Å². The highest BCUT2D eigenvalue weighted by molar-refractivity contribution is 4.89. The van der Waals surface area contributed by atoms with Crippen LogP contribution in [0.4, 0.5) is 0 Å². The third kappa shape index (κ3) is 2.94. The molecule has 0 amide bonds. The summed E-state index contributed by atoms with van der Waals surface area (Å²) in [5.74, 6) is -0.489. The lowest BCUT2D eigenvalue weighted by Gasteiger charge is -2.44. The first-order chi connectivity index (χ1) is 7.66. The molecule has 4 heteroatoms. The molecule has 1 aliphatic rings. The van der Waals surface area contributed by atoms with Crippen LogP contribution in [0.15, 0.2) is 0 Å². The summed E-state index contributed by atoms with van der Waals surface area (Å²) in [5, 5.41) is 18.7. The Kier molecular flexibility index (Phi) is 5.18. The van der Waals surface area contributed by atoms with Crippen LogP contribution in [0, 0.1) is 5.41 Å². The average molecular weight is 232 g/mol. The summed E-state index contributed by atoms with van der Waals surface area (Å²) in [6.45, 7) is 5.26. The van der Waals surface area contributed by atoms with E-state index in [4.69, 9.17) is 9.47 Å². The fraction of sp³-hybridized carbons (Fsp3) is 1.00. The molecular formula is C12H24O4. The molecule has 0 spiro atoms. The topological polar surface area (TPSA) is 58.9 Å². The normalized spacial score (nSPS) is 23.2. The zero-order valence-corrected chi connectivity index (χ0v) is 10.4. The van der Waals surface area contributed by atoms with E-state index in [9.17, 15) is 10.2 Å². The molecule has 0 aliphatic heterocycles. The third-order valence-corrected chi connectivity index (χ3v) is 3.56. The van der Waals surface area contributed by atoms with Crippen molar-refractivity contribution in [1.82, 2.24) is 0 Å². The zero-order valence-electron chi connectivity index (χ0n) is 10.4. The highest BCUT2D eigenvalue weighted by Gasteiger charge is 2.43. The van der Waals surface area contributed by atoms with E-state index < -0.39 is 5.79 Å². The lowest BCUT2D eigenvalue weighted by Crippen LogP contribution is -2.46. The Hall–Kier alpha value is -0.160. The number of hydrogen-bond donors (Lipinski definition) is 2. The van der Waals surface area contributed by atoms with Crippen molar-refractivity contribution in [3.8, 4) is 0 Å². The third-order valence-electron chi connectivity index (χ3n) is 3.56. The minimum atomic E-state index is -0.489. The van der Waals surface area contributed by atoms with Gasteiger partial charge in [0.1, 0.15) is 0 Å². The van der Waals surface area contributed by atoms with Crippen molar-refractivity contribution in [1.29, 1.82) is 0 Å². The molecule has 1 rings (SSSR count). The molecule has 0 radical (unpaired) electrons. The Balaban J connectivity index is 2.61. The quantitative estimate of drug-likeness (QED) is 0.678. The fourth-order valence-corrected chi connectivity index (χ4v) is 2.38.